The molecule has 0 aromatic carbocycles. The van der Waals surface area contributed by atoms with E-state index in [9.17, 15) is 0 Å². The van der Waals surface area contributed by atoms with Crippen LogP contribution in [0.4, 0.5) is 0 Å². The summed E-state index contributed by atoms with van der Waals surface area (Å²) in [7, 11) is 4.59. The van der Waals surface area contributed by atoms with E-state index in [1.807, 2.05) is 0 Å². The first-order valence-corrected chi connectivity index (χ1v) is 7.72. The van der Waals surface area contributed by atoms with E-state index in [1.165, 1.54) is 45.2 Å². The molecule has 3 atom stereocenters. The molecule has 0 amide bonds. The van der Waals surface area contributed by atoms with Crippen LogP contribution in [0.5, 0.6) is 0 Å². The SMILES string of the molecule is CC1CCC(CN)C(N(C)C2CCN(C)CC2)C1. The maximum Gasteiger partial charge on any atom is 0.0138 e. The van der Waals surface area contributed by atoms with Gasteiger partial charge in [-0.05, 0) is 71.2 Å². The molecule has 2 N–H and O–H groups in total. The molecule has 0 spiro atoms. The molecule has 3 heteroatoms. The van der Waals surface area contributed by atoms with Crippen molar-refractivity contribution in [2.45, 2.75) is 51.1 Å². The lowest BCUT2D eigenvalue weighted by Gasteiger charge is -2.45. The van der Waals surface area contributed by atoms with Crippen LogP contribution in [0, 0.1) is 11.8 Å². The minimum absolute atomic E-state index is 0.728. The molecule has 18 heavy (non-hydrogen) atoms. The van der Waals surface area contributed by atoms with E-state index in [0.29, 0.717) is 0 Å². The van der Waals surface area contributed by atoms with E-state index in [2.05, 4.69) is 30.8 Å². The Labute approximate surface area is 113 Å². The molecule has 3 nitrogen and oxygen atoms in total. The van der Waals surface area contributed by atoms with Crippen molar-refractivity contribution in [2.75, 3.05) is 33.7 Å². The second kappa shape index (κ2) is 6.36. The standard InChI is InChI=1S/C15H31N3/c1-12-4-5-13(11-16)15(10-12)18(3)14-6-8-17(2)9-7-14/h12-15H,4-11,16H2,1-3H3. The monoisotopic (exact) mass is 253 g/mol. The molecule has 2 rings (SSSR count). The first-order chi connectivity index (χ1) is 8.61. The molecule has 1 saturated heterocycles. The lowest BCUT2D eigenvalue weighted by molar-refractivity contribution is 0.0461. The summed E-state index contributed by atoms with van der Waals surface area (Å²) in [6.07, 6.45) is 6.72. The number of nitrogens with zero attached hydrogens (tertiary/aromatic N) is 2. The normalized spacial score (nSPS) is 36.2. The Morgan fingerprint density at radius 1 is 1.17 bits per heavy atom. The van der Waals surface area contributed by atoms with Crippen molar-refractivity contribution in [3.8, 4) is 0 Å². The van der Waals surface area contributed by atoms with Crippen molar-refractivity contribution in [1.82, 2.24) is 9.80 Å². The third-order valence-corrected chi connectivity index (χ3v) is 5.31. The summed E-state index contributed by atoms with van der Waals surface area (Å²) in [4.78, 5) is 5.13. The van der Waals surface area contributed by atoms with Gasteiger partial charge in [0, 0.05) is 12.1 Å². The third-order valence-electron chi connectivity index (χ3n) is 5.31. The highest BCUT2D eigenvalue weighted by Crippen LogP contribution is 2.33. The number of likely N-dealkylation sites (tertiary alicyclic amines) is 1. The highest BCUT2D eigenvalue weighted by molar-refractivity contribution is 4.89. The first-order valence-electron chi connectivity index (χ1n) is 7.72. The Morgan fingerprint density at radius 3 is 2.44 bits per heavy atom. The Kier molecular flexibility index (Phi) is 5.05. The maximum absolute atomic E-state index is 5.99. The molecule has 3 unspecified atom stereocenters. The summed E-state index contributed by atoms with van der Waals surface area (Å²) in [5.74, 6) is 1.61. The van der Waals surface area contributed by atoms with Crippen molar-refractivity contribution in [3.63, 3.8) is 0 Å². The van der Waals surface area contributed by atoms with Gasteiger partial charge in [-0.15, -0.1) is 0 Å². The van der Waals surface area contributed by atoms with Gasteiger partial charge in [0.15, 0.2) is 0 Å². The number of piperidine rings is 1. The minimum Gasteiger partial charge on any atom is -0.330 e. The fourth-order valence-electron chi connectivity index (χ4n) is 3.86. The Morgan fingerprint density at radius 2 is 1.83 bits per heavy atom. The van der Waals surface area contributed by atoms with Gasteiger partial charge in [-0.25, -0.2) is 0 Å². The van der Waals surface area contributed by atoms with Gasteiger partial charge < -0.3 is 15.5 Å². The number of hydrogen-bond acceptors (Lipinski definition) is 3. The van der Waals surface area contributed by atoms with Crippen LogP contribution in [0.15, 0.2) is 0 Å². The largest absolute Gasteiger partial charge is 0.330 e. The lowest BCUT2D eigenvalue weighted by Crippen LogP contribution is -2.51. The van der Waals surface area contributed by atoms with Crippen LogP contribution in [0.1, 0.15) is 39.0 Å². The first kappa shape index (κ1) is 14.3. The summed E-state index contributed by atoms with van der Waals surface area (Å²) in [5, 5.41) is 0. The molecule has 1 heterocycles. The van der Waals surface area contributed by atoms with Gasteiger partial charge in [0.2, 0.25) is 0 Å². The van der Waals surface area contributed by atoms with E-state index < -0.39 is 0 Å². The highest BCUT2D eigenvalue weighted by Gasteiger charge is 2.34. The van der Waals surface area contributed by atoms with Gasteiger partial charge in [0.1, 0.15) is 0 Å². The molecular formula is C15H31N3. The number of nitrogens with two attached hydrogens (primary N) is 1. The van der Waals surface area contributed by atoms with Crippen molar-refractivity contribution in [1.29, 1.82) is 0 Å². The van der Waals surface area contributed by atoms with E-state index >= 15 is 0 Å². The highest BCUT2D eigenvalue weighted by atomic mass is 15.2. The van der Waals surface area contributed by atoms with Crippen molar-refractivity contribution >= 4 is 0 Å². The minimum atomic E-state index is 0.728. The quantitative estimate of drug-likeness (QED) is 0.832. The molecule has 2 fully saturated rings. The zero-order chi connectivity index (χ0) is 13.1. The van der Waals surface area contributed by atoms with Crippen LogP contribution in [-0.2, 0) is 0 Å². The predicted molar refractivity (Wildman–Crippen MR) is 77.6 cm³/mol. The molecule has 0 aromatic rings. The molecule has 0 radical (unpaired) electrons. The number of rotatable bonds is 3. The summed E-state index contributed by atoms with van der Waals surface area (Å²) in [5.41, 5.74) is 5.99. The van der Waals surface area contributed by atoms with Gasteiger partial charge in [-0.3, -0.25) is 0 Å². The molecule has 0 bridgehead atoms. The van der Waals surface area contributed by atoms with Crippen molar-refractivity contribution in [2.24, 2.45) is 17.6 Å². The fraction of sp³-hybridized carbons (Fsp3) is 1.00. The van der Waals surface area contributed by atoms with E-state index in [0.717, 1.165) is 30.5 Å². The summed E-state index contributed by atoms with van der Waals surface area (Å²) < 4.78 is 0. The molecule has 2 aliphatic rings. The van der Waals surface area contributed by atoms with Gasteiger partial charge in [0.25, 0.3) is 0 Å². The Hall–Kier alpha value is -0.120. The second-order valence-electron chi connectivity index (χ2n) is 6.68. The van der Waals surface area contributed by atoms with E-state index in [-0.39, 0.29) is 0 Å². The summed E-state index contributed by atoms with van der Waals surface area (Å²) in [6, 6.07) is 1.51. The molecule has 1 saturated carbocycles. The average molecular weight is 253 g/mol. The molecular weight excluding hydrogens is 222 g/mol. The second-order valence-corrected chi connectivity index (χ2v) is 6.68. The van der Waals surface area contributed by atoms with Crippen LogP contribution in [-0.4, -0.2) is 55.6 Å². The smallest absolute Gasteiger partial charge is 0.0138 e. The van der Waals surface area contributed by atoms with Crippen molar-refractivity contribution < 1.29 is 0 Å². The van der Waals surface area contributed by atoms with Crippen LogP contribution in [0.2, 0.25) is 0 Å². The lowest BCUT2D eigenvalue weighted by atomic mass is 9.77. The molecule has 106 valence electrons. The Balaban J connectivity index is 1.94. The van der Waals surface area contributed by atoms with Gasteiger partial charge >= 0.3 is 0 Å². The third kappa shape index (κ3) is 3.25. The van der Waals surface area contributed by atoms with E-state index in [1.54, 1.807) is 0 Å². The molecule has 1 aliphatic heterocycles. The molecule has 0 aromatic heterocycles. The maximum atomic E-state index is 5.99. The van der Waals surface area contributed by atoms with Crippen molar-refractivity contribution in [3.05, 3.63) is 0 Å². The van der Waals surface area contributed by atoms with Gasteiger partial charge in [-0.1, -0.05) is 13.3 Å². The predicted octanol–water partition coefficient (Wildman–Crippen LogP) is 1.78. The topological polar surface area (TPSA) is 32.5 Å². The average Bonchev–Trinajstić information content (AvgIpc) is 2.39. The zero-order valence-electron chi connectivity index (χ0n) is 12.4. The van der Waals surface area contributed by atoms with Crippen LogP contribution in [0.3, 0.4) is 0 Å². The summed E-state index contributed by atoms with van der Waals surface area (Å²) in [6.45, 7) is 5.78. The van der Waals surface area contributed by atoms with Gasteiger partial charge in [0.05, 0.1) is 0 Å². The fourth-order valence-corrected chi connectivity index (χ4v) is 3.86. The van der Waals surface area contributed by atoms with Crippen LogP contribution < -0.4 is 5.73 Å². The number of hydrogen-bond donors (Lipinski definition) is 1. The summed E-state index contributed by atoms with van der Waals surface area (Å²) >= 11 is 0. The van der Waals surface area contributed by atoms with Crippen LogP contribution in [0.25, 0.3) is 0 Å². The molecule has 1 aliphatic carbocycles. The van der Waals surface area contributed by atoms with E-state index in [4.69, 9.17) is 5.73 Å². The van der Waals surface area contributed by atoms with Gasteiger partial charge in [-0.2, -0.15) is 0 Å². The van der Waals surface area contributed by atoms with Crippen LogP contribution >= 0.6 is 0 Å². The zero-order valence-corrected chi connectivity index (χ0v) is 12.4. The Bertz CT molecular complexity index is 248.